The monoisotopic (exact) mass is 650 g/mol. The van der Waals surface area contributed by atoms with Gasteiger partial charge in [-0.3, -0.25) is 0 Å². The molecule has 0 aliphatic carbocycles. The first kappa shape index (κ1) is 27.1. The molecule has 2 aliphatic rings. The zero-order valence-corrected chi connectivity index (χ0v) is 27.2. The SMILES string of the molecule is c1cc[c]([Ge]([c]2ccccc2)([c]2ccccc2)[c]2cccc(-c3ccc4c5c3Oc3ccccc3B5c3ccccc3O4)c2)cc1. The van der Waals surface area contributed by atoms with Crippen molar-refractivity contribution >= 4 is 54.0 Å². The molecule has 46 heavy (non-hydrogen) atoms. The van der Waals surface area contributed by atoms with E-state index in [1.807, 2.05) is 6.07 Å². The van der Waals surface area contributed by atoms with Gasteiger partial charge < -0.3 is 0 Å². The first-order valence-corrected chi connectivity index (χ1v) is 20.0. The molecule has 7 aromatic carbocycles. The van der Waals surface area contributed by atoms with Crippen molar-refractivity contribution in [2.45, 2.75) is 0 Å². The second-order valence-electron chi connectivity index (χ2n) is 12.0. The van der Waals surface area contributed by atoms with Crippen LogP contribution < -0.4 is 43.4 Å². The van der Waals surface area contributed by atoms with Gasteiger partial charge in [-0.25, -0.2) is 0 Å². The maximum atomic E-state index is 6.84. The molecule has 0 radical (unpaired) electrons. The molecule has 216 valence electrons. The Bertz CT molecular complexity index is 2110. The Hall–Kier alpha value is -5.25. The first-order chi connectivity index (χ1) is 22.8. The summed E-state index contributed by atoms with van der Waals surface area (Å²) in [5.74, 6) is 3.54. The molecule has 0 fully saturated rings. The van der Waals surface area contributed by atoms with Gasteiger partial charge in [-0.2, -0.15) is 0 Å². The van der Waals surface area contributed by atoms with E-state index in [2.05, 4.69) is 170 Å². The van der Waals surface area contributed by atoms with Gasteiger partial charge in [0.25, 0.3) is 0 Å². The van der Waals surface area contributed by atoms with Gasteiger partial charge in [0.2, 0.25) is 0 Å². The summed E-state index contributed by atoms with van der Waals surface area (Å²) in [4.78, 5) is 0. The normalized spacial score (nSPS) is 12.7. The third kappa shape index (κ3) is 4.12. The Balaban J connectivity index is 1.29. The minimum absolute atomic E-state index is 0.0396. The zero-order chi connectivity index (χ0) is 30.5. The van der Waals surface area contributed by atoms with Gasteiger partial charge in [0.15, 0.2) is 0 Å². The van der Waals surface area contributed by atoms with Crippen LogP contribution in [0.4, 0.5) is 0 Å². The van der Waals surface area contributed by atoms with Gasteiger partial charge in [-0.1, -0.05) is 0 Å². The van der Waals surface area contributed by atoms with E-state index in [9.17, 15) is 0 Å². The number of rotatable bonds is 5. The molecule has 2 heterocycles. The number of ether oxygens (including phenoxy) is 2. The molecule has 2 aliphatic heterocycles. The summed E-state index contributed by atoms with van der Waals surface area (Å²) in [6, 6.07) is 63.8. The Morgan fingerprint density at radius 3 is 1.48 bits per heavy atom. The summed E-state index contributed by atoms with van der Waals surface area (Å²) in [5, 5.41) is 0. The standard InChI is InChI=1S/C42H29BGeO2/c1-4-16-31(17-5-1)44(32-18-6-2-7-19-32,33-20-8-3-9-21-33)34-22-14-15-30(29-34)35-27-28-40-41-42(35)46-39-26-13-11-24-37(39)43(41)36-23-10-12-25-38(36)45-40/h1-29H. The van der Waals surface area contributed by atoms with Gasteiger partial charge in [0.05, 0.1) is 0 Å². The summed E-state index contributed by atoms with van der Waals surface area (Å²) < 4.78 is 18.9. The van der Waals surface area contributed by atoms with Crippen molar-refractivity contribution in [1.29, 1.82) is 0 Å². The molecule has 9 rings (SSSR count). The molecular formula is C42H29BGeO2. The van der Waals surface area contributed by atoms with Crippen LogP contribution in [0.15, 0.2) is 176 Å². The summed E-state index contributed by atoms with van der Waals surface area (Å²) in [5.41, 5.74) is 5.66. The van der Waals surface area contributed by atoms with Gasteiger partial charge in [0, 0.05) is 0 Å². The van der Waals surface area contributed by atoms with E-state index in [0.717, 1.165) is 39.6 Å². The van der Waals surface area contributed by atoms with Crippen LogP contribution in [0.25, 0.3) is 11.1 Å². The third-order valence-corrected chi connectivity index (χ3v) is 19.6. The second kappa shape index (κ2) is 11.0. The molecule has 0 bridgehead atoms. The van der Waals surface area contributed by atoms with Crippen molar-refractivity contribution in [2.24, 2.45) is 0 Å². The first-order valence-electron chi connectivity index (χ1n) is 15.8. The maximum absolute atomic E-state index is 6.84. The molecule has 0 saturated carbocycles. The average Bonchev–Trinajstić information content (AvgIpc) is 3.13. The molecule has 0 N–H and O–H groups in total. The van der Waals surface area contributed by atoms with Crippen LogP contribution in [0.1, 0.15) is 0 Å². The van der Waals surface area contributed by atoms with Crippen LogP contribution in [0.5, 0.6) is 23.0 Å². The van der Waals surface area contributed by atoms with Crippen LogP contribution in [0.3, 0.4) is 0 Å². The van der Waals surface area contributed by atoms with Crippen LogP contribution in [-0.2, 0) is 0 Å². The summed E-state index contributed by atoms with van der Waals surface area (Å²) in [6.45, 7) is 0.0396. The van der Waals surface area contributed by atoms with E-state index in [1.54, 1.807) is 0 Å². The number of fused-ring (bicyclic) bond motifs is 4. The minimum atomic E-state index is -3.44. The molecule has 0 spiro atoms. The Kier molecular flexibility index (Phi) is 6.46. The fourth-order valence-corrected chi connectivity index (χ4v) is 17.7. The van der Waals surface area contributed by atoms with E-state index >= 15 is 0 Å². The van der Waals surface area contributed by atoms with Crippen molar-refractivity contribution in [1.82, 2.24) is 0 Å². The van der Waals surface area contributed by atoms with E-state index in [4.69, 9.17) is 9.47 Å². The quantitative estimate of drug-likeness (QED) is 0.231. The third-order valence-electron chi connectivity index (χ3n) is 9.56. The molecule has 4 heteroatoms. The Labute approximate surface area is 272 Å². The summed E-state index contributed by atoms with van der Waals surface area (Å²) in [7, 11) is 0. The van der Waals surface area contributed by atoms with Crippen LogP contribution in [0.2, 0.25) is 0 Å². The molecule has 0 aromatic heterocycles. The molecule has 0 unspecified atom stereocenters. The average molecular weight is 649 g/mol. The van der Waals surface area contributed by atoms with Gasteiger partial charge >= 0.3 is 273 Å². The number of para-hydroxylation sites is 2. The molecular weight excluding hydrogens is 620 g/mol. The van der Waals surface area contributed by atoms with E-state index < -0.39 is 13.3 Å². The fourth-order valence-electron chi connectivity index (χ4n) is 7.60. The van der Waals surface area contributed by atoms with Crippen molar-refractivity contribution in [3.8, 4) is 34.1 Å². The van der Waals surface area contributed by atoms with E-state index in [-0.39, 0.29) is 6.71 Å². The molecule has 7 aromatic rings. The Morgan fingerprint density at radius 2 is 0.891 bits per heavy atom. The predicted molar refractivity (Wildman–Crippen MR) is 193 cm³/mol. The van der Waals surface area contributed by atoms with Crippen molar-refractivity contribution in [3.05, 3.63) is 176 Å². The van der Waals surface area contributed by atoms with Crippen molar-refractivity contribution in [3.63, 3.8) is 0 Å². The van der Waals surface area contributed by atoms with Crippen LogP contribution in [-0.4, -0.2) is 20.0 Å². The molecule has 0 amide bonds. The summed E-state index contributed by atoms with van der Waals surface area (Å²) >= 11 is -3.44. The molecule has 0 saturated heterocycles. The van der Waals surface area contributed by atoms with Crippen LogP contribution in [0, 0.1) is 0 Å². The number of benzene rings is 7. The van der Waals surface area contributed by atoms with Crippen molar-refractivity contribution in [2.75, 3.05) is 0 Å². The number of hydrogen-bond acceptors (Lipinski definition) is 2. The van der Waals surface area contributed by atoms with Crippen LogP contribution >= 0.6 is 0 Å². The topological polar surface area (TPSA) is 18.5 Å². The molecule has 0 atom stereocenters. The van der Waals surface area contributed by atoms with Gasteiger partial charge in [0.1, 0.15) is 0 Å². The van der Waals surface area contributed by atoms with E-state index in [1.165, 1.54) is 28.5 Å². The summed E-state index contributed by atoms with van der Waals surface area (Å²) in [6.07, 6.45) is 0. The van der Waals surface area contributed by atoms with Crippen molar-refractivity contribution < 1.29 is 9.47 Å². The van der Waals surface area contributed by atoms with Gasteiger partial charge in [-0.05, 0) is 0 Å². The fraction of sp³-hybridized carbons (Fsp3) is 0. The Morgan fingerprint density at radius 1 is 0.391 bits per heavy atom. The number of hydrogen-bond donors (Lipinski definition) is 0. The van der Waals surface area contributed by atoms with E-state index in [0.29, 0.717) is 0 Å². The second-order valence-corrected chi connectivity index (χ2v) is 20.0. The molecule has 2 nitrogen and oxygen atoms in total. The zero-order valence-electron chi connectivity index (χ0n) is 25.1. The van der Waals surface area contributed by atoms with Gasteiger partial charge in [-0.15, -0.1) is 0 Å². The predicted octanol–water partition coefficient (Wildman–Crippen LogP) is 5.46.